The summed E-state index contributed by atoms with van der Waals surface area (Å²) in [5.74, 6) is 0.669. The van der Waals surface area contributed by atoms with Gasteiger partial charge in [0.1, 0.15) is 5.75 Å². The second kappa shape index (κ2) is 8.00. The fourth-order valence-electron chi connectivity index (χ4n) is 2.73. The Morgan fingerprint density at radius 1 is 1.00 bits per heavy atom. The first kappa shape index (κ1) is 18.1. The molecule has 3 heteroatoms. The van der Waals surface area contributed by atoms with Crippen molar-refractivity contribution < 1.29 is 9.53 Å². The van der Waals surface area contributed by atoms with Crippen molar-refractivity contribution in [2.75, 3.05) is 0 Å². The third kappa shape index (κ3) is 4.85. The van der Waals surface area contributed by atoms with Gasteiger partial charge in [-0.15, -0.1) is 0 Å². The van der Waals surface area contributed by atoms with Crippen molar-refractivity contribution in [3.63, 3.8) is 0 Å². The first-order valence-corrected chi connectivity index (χ1v) is 8.51. The van der Waals surface area contributed by atoms with Crippen LogP contribution < -0.4 is 10.1 Å². The lowest BCUT2D eigenvalue weighted by atomic mass is 10.1. The maximum Gasteiger partial charge on any atom is 0.261 e. The number of hydrogen-bond donors (Lipinski definition) is 1. The Kier molecular flexibility index (Phi) is 6.02. The molecule has 128 valence electrons. The SMILES string of the molecule is CC[C@H](Oc1cc(C)cc(C)c1)C(=O)N[C@@H](C)c1ccc(C)cc1. The number of nitrogens with one attached hydrogen (secondary N) is 1. The van der Waals surface area contributed by atoms with Gasteiger partial charge in [0.15, 0.2) is 6.10 Å². The Morgan fingerprint density at radius 2 is 1.58 bits per heavy atom. The van der Waals surface area contributed by atoms with E-state index in [0.717, 1.165) is 22.4 Å². The van der Waals surface area contributed by atoms with Gasteiger partial charge in [0.25, 0.3) is 5.91 Å². The molecule has 0 aliphatic rings. The van der Waals surface area contributed by atoms with Gasteiger partial charge in [0, 0.05) is 0 Å². The van der Waals surface area contributed by atoms with E-state index >= 15 is 0 Å². The number of rotatable bonds is 6. The van der Waals surface area contributed by atoms with Crippen LogP contribution in [0.15, 0.2) is 42.5 Å². The smallest absolute Gasteiger partial charge is 0.261 e. The number of amides is 1. The number of carbonyl (C=O) groups is 1. The van der Waals surface area contributed by atoms with Crippen molar-refractivity contribution in [1.82, 2.24) is 5.32 Å². The van der Waals surface area contributed by atoms with Crippen molar-refractivity contribution in [3.8, 4) is 5.75 Å². The molecule has 2 rings (SSSR count). The predicted molar refractivity (Wildman–Crippen MR) is 98.4 cm³/mol. The summed E-state index contributed by atoms with van der Waals surface area (Å²) in [5.41, 5.74) is 4.57. The molecule has 0 spiro atoms. The van der Waals surface area contributed by atoms with Crippen LogP contribution in [0.1, 0.15) is 48.6 Å². The molecule has 0 saturated carbocycles. The molecule has 2 atom stereocenters. The number of ether oxygens (including phenoxy) is 1. The van der Waals surface area contributed by atoms with Gasteiger partial charge >= 0.3 is 0 Å². The van der Waals surface area contributed by atoms with Crippen LogP contribution in [0.2, 0.25) is 0 Å². The van der Waals surface area contributed by atoms with Crippen molar-refractivity contribution in [1.29, 1.82) is 0 Å². The zero-order valence-electron chi connectivity index (χ0n) is 15.2. The third-order valence-corrected chi connectivity index (χ3v) is 4.07. The molecule has 2 aromatic carbocycles. The molecule has 0 bridgehead atoms. The largest absolute Gasteiger partial charge is 0.481 e. The maximum atomic E-state index is 12.6. The predicted octanol–water partition coefficient (Wildman–Crippen LogP) is 4.65. The Hall–Kier alpha value is -2.29. The Balaban J connectivity index is 2.04. The number of hydrogen-bond acceptors (Lipinski definition) is 2. The molecule has 0 unspecified atom stereocenters. The fraction of sp³-hybridized carbons (Fsp3) is 0.381. The van der Waals surface area contributed by atoms with Gasteiger partial charge in [-0.05, 0) is 62.9 Å². The van der Waals surface area contributed by atoms with Crippen LogP contribution in [0.25, 0.3) is 0 Å². The Labute approximate surface area is 145 Å². The van der Waals surface area contributed by atoms with Gasteiger partial charge < -0.3 is 10.1 Å². The highest BCUT2D eigenvalue weighted by Gasteiger charge is 2.20. The minimum absolute atomic E-state index is 0.0463. The fourth-order valence-corrected chi connectivity index (χ4v) is 2.73. The molecule has 1 amide bonds. The average molecular weight is 325 g/mol. The highest BCUT2D eigenvalue weighted by atomic mass is 16.5. The first-order chi connectivity index (χ1) is 11.4. The van der Waals surface area contributed by atoms with E-state index in [1.54, 1.807) is 0 Å². The lowest BCUT2D eigenvalue weighted by molar-refractivity contribution is -0.128. The van der Waals surface area contributed by atoms with Gasteiger partial charge in [0.05, 0.1) is 6.04 Å². The van der Waals surface area contributed by atoms with E-state index < -0.39 is 6.10 Å². The van der Waals surface area contributed by atoms with Gasteiger partial charge in [-0.3, -0.25) is 4.79 Å². The molecule has 0 aliphatic carbocycles. The monoisotopic (exact) mass is 325 g/mol. The second-order valence-corrected chi connectivity index (χ2v) is 6.48. The molecule has 0 fully saturated rings. The Bertz CT molecular complexity index is 671. The summed E-state index contributed by atoms with van der Waals surface area (Å²) in [6.07, 6.45) is 0.137. The molecular weight excluding hydrogens is 298 g/mol. The summed E-state index contributed by atoms with van der Waals surface area (Å²) in [5, 5.41) is 3.05. The lowest BCUT2D eigenvalue weighted by Crippen LogP contribution is -2.39. The van der Waals surface area contributed by atoms with Crippen LogP contribution in [0, 0.1) is 20.8 Å². The number of aryl methyl sites for hydroxylation is 3. The minimum atomic E-state index is -0.487. The zero-order chi connectivity index (χ0) is 17.7. The lowest BCUT2D eigenvalue weighted by Gasteiger charge is -2.21. The summed E-state index contributed by atoms with van der Waals surface area (Å²) in [6, 6.07) is 14.2. The number of carbonyl (C=O) groups excluding carboxylic acids is 1. The van der Waals surface area contributed by atoms with Crippen LogP contribution in [0.4, 0.5) is 0 Å². The van der Waals surface area contributed by atoms with Crippen LogP contribution in [0.5, 0.6) is 5.75 Å². The quantitative estimate of drug-likeness (QED) is 0.840. The standard InChI is InChI=1S/C21H27NO2/c1-6-20(24-19-12-15(3)11-16(4)13-19)21(23)22-17(5)18-9-7-14(2)8-10-18/h7-13,17,20H,6H2,1-5H3,(H,22,23)/t17-,20-/m0/s1. The Morgan fingerprint density at radius 3 is 2.12 bits per heavy atom. The van der Waals surface area contributed by atoms with E-state index in [0.29, 0.717) is 6.42 Å². The molecule has 0 aliphatic heterocycles. The molecule has 0 aromatic heterocycles. The van der Waals surface area contributed by atoms with Crippen LogP contribution >= 0.6 is 0 Å². The maximum absolute atomic E-state index is 12.6. The average Bonchev–Trinajstić information content (AvgIpc) is 2.52. The number of benzene rings is 2. The molecule has 0 saturated heterocycles. The van der Waals surface area contributed by atoms with E-state index in [9.17, 15) is 4.79 Å². The third-order valence-electron chi connectivity index (χ3n) is 4.07. The molecular formula is C21H27NO2. The molecule has 3 nitrogen and oxygen atoms in total. The van der Waals surface area contributed by atoms with Crippen LogP contribution in [-0.2, 0) is 4.79 Å². The van der Waals surface area contributed by atoms with E-state index in [4.69, 9.17) is 4.74 Å². The second-order valence-electron chi connectivity index (χ2n) is 6.48. The van der Waals surface area contributed by atoms with Crippen molar-refractivity contribution >= 4 is 5.91 Å². The summed E-state index contributed by atoms with van der Waals surface area (Å²) in [4.78, 5) is 12.6. The summed E-state index contributed by atoms with van der Waals surface area (Å²) in [7, 11) is 0. The zero-order valence-corrected chi connectivity index (χ0v) is 15.2. The molecule has 24 heavy (non-hydrogen) atoms. The highest BCUT2D eigenvalue weighted by molar-refractivity contribution is 5.81. The summed E-state index contributed by atoms with van der Waals surface area (Å²) in [6.45, 7) is 10.1. The summed E-state index contributed by atoms with van der Waals surface area (Å²) < 4.78 is 5.93. The normalized spacial score (nSPS) is 13.2. The van der Waals surface area contributed by atoms with Crippen LogP contribution in [0.3, 0.4) is 0 Å². The topological polar surface area (TPSA) is 38.3 Å². The van der Waals surface area contributed by atoms with Gasteiger partial charge in [-0.2, -0.15) is 0 Å². The van der Waals surface area contributed by atoms with Gasteiger partial charge in [-0.25, -0.2) is 0 Å². The van der Waals surface area contributed by atoms with Crippen LogP contribution in [-0.4, -0.2) is 12.0 Å². The molecule has 0 heterocycles. The molecule has 1 N–H and O–H groups in total. The van der Waals surface area contributed by atoms with Crippen molar-refractivity contribution in [3.05, 3.63) is 64.7 Å². The van der Waals surface area contributed by atoms with Gasteiger partial charge in [0.2, 0.25) is 0 Å². The minimum Gasteiger partial charge on any atom is -0.481 e. The first-order valence-electron chi connectivity index (χ1n) is 8.51. The van der Waals surface area contributed by atoms with Crippen molar-refractivity contribution in [2.45, 2.75) is 53.2 Å². The van der Waals surface area contributed by atoms with Gasteiger partial charge in [-0.1, -0.05) is 42.8 Å². The summed E-state index contributed by atoms with van der Waals surface area (Å²) >= 11 is 0. The van der Waals surface area contributed by atoms with Crippen molar-refractivity contribution in [2.24, 2.45) is 0 Å². The van der Waals surface area contributed by atoms with E-state index in [2.05, 4.69) is 30.4 Å². The highest BCUT2D eigenvalue weighted by Crippen LogP contribution is 2.19. The molecule has 0 radical (unpaired) electrons. The van der Waals surface area contributed by atoms with E-state index in [1.165, 1.54) is 5.56 Å². The van der Waals surface area contributed by atoms with E-state index in [-0.39, 0.29) is 11.9 Å². The molecule has 2 aromatic rings. The van der Waals surface area contributed by atoms with E-state index in [1.807, 2.05) is 52.0 Å².